The zero-order chi connectivity index (χ0) is 16.0. The van der Waals surface area contributed by atoms with Gasteiger partial charge < -0.3 is 4.18 Å². The van der Waals surface area contributed by atoms with Gasteiger partial charge in [0.1, 0.15) is 0 Å². The van der Waals surface area contributed by atoms with Gasteiger partial charge in [0.25, 0.3) is 0 Å². The van der Waals surface area contributed by atoms with Crippen LogP contribution in [-0.4, -0.2) is 18.9 Å². The molecule has 8 heteroatoms. The molecule has 1 aliphatic rings. The molecule has 4 nitrogen and oxygen atoms in total. The molecular weight excluding hydrogens is 319 g/mol. The van der Waals surface area contributed by atoms with Gasteiger partial charge in [0.05, 0.1) is 5.69 Å². The van der Waals surface area contributed by atoms with Crippen LogP contribution < -0.4 is 4.18 Å². The number of aromatic nitrogens is 1. The Balaban J connectivity index is 2.02. The van der Waals surface area contributed by atoms with Crippen LogP contribution in [0.1, 0.15) is 11.1 Å². The van der Waals surface area contributed by atoms with Crippen LogP contribution in [0.4, 0.5) is 13.2 Å². The second-order valence-electron chi connectivity index (χ2n) is 4.80. The van der Waals surface area contributed by atoms with E-state index >= 15 is 0 Å². The number of benzene rings is 1. The lowest BCUT2D eigenvalue weighted by molar-refractivity contribution is -0.0501. The van der Waals surface area contributed by atoms with E-state index in [1.807, 2.05) is 12.1 Å². The first-order valence-electron chi connectivity index (χ1n) is 6.37. The van der Waals surface area contributed by atoms with E-state index in [9.17, 15) is 21.6 Å². The van der Waals surface area contributed by atoms with Crippen LogP contribution >= 0.6 is 0 Å². The summed E-state index contributed by atoms with van der Waals surface area (Å²) in [6.45, 7) is 0. The van der Waals surface area contributed by atoms with Crippen LogP contribution in [0.25, 0.3) is 11.3 Å². The van der Waals surface area contributed by atoms with Gasteiger partial charge in [-0.25, -0.2) is 4.98 Å². The molecule has 1 aromatic carbocycles. The fourth-order valence-electron chi connectivity index (χ4n) is 2.35. The van der Waals surface area contributed by atoms with Crippen molar-refractivity contribution in [1.82, 2.24) is 4.98 Å². The largest absolute Gasteiger partial charge is 0.534 e. The van der Waals surface area contributed by atoms with Gasteiger partial charge in [-0.3, -0.25) is 0 Å². The van der Waals surface area contributed by atoms with E-state index in [1.165, 1.54) is 0 Å². The zero-order valence-corrected chi connectivity index (χ0v) is 11.9. The van der Waals surface area contributed by atoms with E-state index in [0.29, 0.717) is 12.1 Å². The molecule has 0 saturated carbocycles. The Morgan fingerprint density at radius 1 is 1.00 bits per heavy atom. The Morgan fingerprint density at radius 3 is 2.41 bits per heavy atom. The molecule has 0 radical (unpaired) electrons. The molecule has 22 heavy (non-hydrogen) atoms. The third kappa shape index (κ3) is 2.54. The Bertz CT molecular complexity index is 831. The fourth-order valence-corrected chi connectivity index (χ4v) is 2.76. The van der Waals surface area contributed by atoms with Crippen molar-refractivity contribution in [1.29, 1.82) is 0 Å². The number of fused-ring (bicyclic) bond motifs is 3. The molecule has 3 rings (SSSR count). The number of alkyl halides is 3. The predicted octanol–water partition coefficient (Wildman–Crippen LogP) is 3.08. The third-order valence-electron chi connectivity index (χ3n) is 3.37. The van der Waals surface area contributed by atoms with Crippen molar-refractivity contribution in [2.24, 2.45) is 0 Å². The highest BCUT2D eigenvalue weighted by molar-refractivity contribution is 7.87. The molecule has 1 aliphatic carbocycles. The number of hydrogen-bond donors (Lipinski definition) is 0. The molecule has 0 unspecified atom stereocenters. The minimum atomic E-state index is -5.72. The molecule has 0 spiro atoms. The van der Waals surface area contributed by atoms with E-state index in [4.69, 9.17) is 0 Å². The first-order chi connectivity index (χ1) is 10.3. The second-order valence-corrected chi connectivity index (χ2v) is 6.34. The van der Waals surface area contributed by atoms with Crippen molar-refractivity contribution in [3.8, 4) is 17.1 Å². The number of nitrogens with zero attached hydrogens (tertiary/aromatic N) is 1. The van der Waals surface area contributed by atoms with Gasteiger partial charge in [0.15, 0.2) is 0 Å². The lowest BCUT2D eigenvalue weighted by Crippen LogP contribution is -2.28. The van der Waals surface area contributed by atoms with Crippen LogP contribution in [0.2, 0.25) is 0 Å². The monoisotopic (exact) mass is 329 g/mol. The van der Waals surface area contributed by atoms with Crippen LogP contribution in [-0.2, 0) is 23.0 Å². The Labute approximate surface area is 124 Å². The summed E-state index contributed by atoms with van der Waals surface area (Å²) in [4.78, 5) is 3.95. The highest BCUT2D eigenvalue weighted by Gasteiger charge is 2.48. The summed E-state index contributed by atoms with van der Waals surface area (Å²) in [5, 5.41) is 0. The minimum Gasteiger partial charge on any atom is -0.355 e. The number of pyridine rings is 1. The van der Waals surface area contributed by atoms with Gasteiger partial charge >= 0.3 is 15.6 Å². The summed E-state index contributed by atoms with van der Waals surface area (Å²) in [5.74, 6) is -0.590. The van der Waals surface area contributed by atoms with Crippen molar-refractivity contribution < 1.29 is 25.8 Å². The van der Waals surface area contributed by atoms with E-state index in [1.54, 1.807) is 18.2 Å². The highest BCUT2D eigenvalue weighted by atomic mass is 32.2. The number of hydrogen-bond acceptors (Lipinski definition) is 4. The molecule has 0 fully saturated rings. The third-order valence-corrected chi connectivity index (χ3v) is 4.33. The van der Waals surface area contributed by atoms with Crippen molar-refractivity contribution in [2.45, 2.75) is 18.3 Å². The van der Waals surface area contributed by atoms with Gasteiger partial charge in [-0.05, 0) is 24.0 Å². The predicted molar refractivity (Wildman–Crippen MR) is 72.7 cm³/mol. The SMILES string of the molecule is O=S(=O)(Oc1ccc2c(n1)-c1ccccc1CC2)C(F)(F)F. The van der Waals surface area contributed by atoms with Crippen molar-refractivity contribution in [3.63, 3.8) is 0 Å². The van der Waals surface area contributed by atoms with Crippen LogP contribution in [0.5, 0.6) is 5.88 Å². The number of halogens is 3. The quantitative estimate of drug-likeness (QED) is 0.628. The van der Waals surface area contributed by atoms with Crippen molar-refractivity contribution in [3.05, 3.63) is 47.5 Å². The molecule has 0 saturated heterocycles. The van der Waals surface area contributed by atoms with Gasteiger partial charge in [-0.1, -0.05) is 30.3 Å². The van der Waals surface area contributed by atoms with E-state index < -0.39 is 21.5 Å². The summed E-state index contributed by atoms with van der Waals surface area (Å²) in [6, 6.07) is 10.0. The number of aryl methyl sites for hydroxylation is 2. The maximum Gasteiger partial charge on any atom is 0.534 e. The van der Waals surface area contributed by atoms with Gasteiger partial charge in [0, 0.05) is 11.6 Å². The highest BCUT2D eigenvalue weighted by Crippen LogP contribution is 2.34. The molecule has 0 bridgehead atoms. The minimum absolute atomic E-state index is 0.455. The van der Waals surface area contributed by atoms with Crippen LogP contribution in [0.15, 0.2) is 36.4 Å². The summed E-state index contributed by atoms with van der Waals surface area (Å²) in [7, 11) is -5.72. The smallest absolute Gasteiger partial charge is 0.355 e. The van der Waals surface area contributed by atoms with Gasteiger partial charge in [-0.2, -0.15) is 21.6 Å². The molecule has 1 aromatic heterocycles. The Hall–Kier alpha value is -2.09. The lowest BCUT2D eigenvalue weighted by atomic mass is 9.89. The van der Waals surface area contributed by atoms with E-state index in [0.717, 1.165) is 29.2 Å². The van der Waals surface area contributed by atoms with Gasteiger partial charge in [-0.15, -0.1) is 0 Å². The molecule has 2 aromatic rings. The van der Waals surface area contributed by atoms with E-state index in [2.05, 4.69) is 9.17 Å². The Morgan fingerprint density at radius 2 is 1.68 bits per heavy atom. The summed E-state index contributed by atoms with van der Waals surface area (Å²) in [5.41, 5.74) is -2.40. The number of rotatable bonds is 2. The van der Waals surface area contributed by atoms with E-state index in [-0.39, 0.29) is 0 Å². The average molecular weight is 329 g/mol. The van der Waals surface area contributed by atoms with Crippen molar-refractivity contribution >= 4 is 10.1 Å². The summed E-state index contributed by atoms with van der Waals surface area (Å²) in [6.07, 6.45) is 1.48. The van der Waals surface area contributed by atoms with Crippen LogP contribution in [0.3, 0.4) is 0 Å². The molecule has 0 N–H and O–H groups in total. The molecule has 0 aliphatic heterocycles. The fraction of sp³-hybridized carbons (Fsp3) is 0.214. The normalized spacial score (nSPS) is 14.1. The average Bonchev–Trinajstić information content (AvgIpc) is 2.45. The standard InChI is InChI=1S/C14H10F3NO3S/c15-14(16,17)22(19,20)21-12-8-7-10-6-5-9-3-1-2-4-11(9)13(10)18-12/h1-4,7-8H,5-6H2. The summed E-state index contributed by atoms with van der Waals surface area (Å²) < 4.78 is 63.2. The van der Waals surface area contributed by atoms with Gasteiger partial charge in [0.2, 0.25) is 5.88 Å². The van der Waals surface area contributed by atoms with Crippen molar-refractivity contribution in [2.75, 3.05) is 0 Å². The molecular formula is C14H10F3NO3S. The zero-order valence-electron chi connectivity index (χ0n) is 11.1. The molecule has 0 atom stereocenters. The molecule has 0 amide bonds. The molecule has 1 heterocycles. The second kappa shape index (κ2) is 4.98. The first-order valence-corrected chi connectivity index (χ1v) is 7.78. The maximum atomic E-state index is 12.4. The van der Waals surface area contributed by atoms with Crippen LogP contribution in [0, 0.1) is 0 Å². The first kappa shape index (κ1) is 14.8. The summed E-state index contributed by atoms with van der Waals surface area (Å²) >= 11 is 0. The maximum absolute atomic E-state index is 12.4. The Kier molecular flexibility index (Phi) is 3.36. The lowest BCUT2D eigenvalue weighted by Gasteiger charge is -2.19. The molecule has 116 valence electrons. The topological polar surface area (TPSA) is 56.3 Å².